The Morgan fingerprint density at radius 1 is 0.773 bits per heavy atom. The van der Waals surface area contributed by atoms with E-state index in [0.717, 1.165) is 19.3 Å². The summed E-state index contributed by atoms with van der Waals surface area (Å²) >= 11 is 0. The van der Waals surface area contributed by atoms with Crippen LogP contribution in [-0.2, 0) is 28.5 Å². The molecule has 3 saturated heterocycles. The van der Waals surface area contributed by atoms with Gasteiger partial charge in [0.1, 0.15) is 48.8 Å². The third kappa shape index (κ3) is 7.93. The van der Waals surface area contributed by atoms with Crippen molar-refractivity contribution in [3.05, 3.63) is 0 Å². The molecule has 258 valence electrons. The number of carbonyl (C=O) groups is 1. The first-order valence-corrected chi connectivity index (χ1v) is 15.1. The van der Waals surface area contributed by atoms with Crippen LogP contribution in [0.15, 0.2) is 0 Å². The predicted molar refractivity (Wildman–Crippen MR) is 149 cm³/mol. The fourth-order valence-corrected chi connectivity index (χ4v) is 5.76. The smallest absolute Gasteiger partial charge is 0.180 e. The summed E-state index contributed by atoms with van der Waals surface area (Å²) in [6.07, 6.45) is -14.1. The van der Waals surface area contributed by atoms with E-state index in [0.29, 0.717) is 12.3 Å². The fraction of sp³-hybridized carbons (Fsp3) is 0.963. The lowest BCUT2D eigenvalue weighted by Crippen LogP contribution is -2.73. The topological polar surface area (TPSA) is 303 Å². The van der Waals surface area contributed by atoms with Gasteiger partial charge in [-0.05, 0) is 12.3 Å². The fourth-order valence-electron chi connectivity index (χ4n) is 5.76. The van der Waals surface area contributed by atoms with Crippen molar-refractivity contribution in [3.8, 4) is 0 Å². The lowest BCUT2D eigenvalue weighted by Gasteiger charge is -2.50. The quantitative estimate of drug-likeness (QED) is 0.0790. The van der Waals surface area contributed by atoms with E-state index in [9.17, 15) is 45.6 Å². The monoisotopic (exact) mass is 641 g/mol. The number of unbranched alkanes of at least 4 members (excludes halogenated alkanes) is 2. The summed E-state index contributed by atoms with van der Waals surface area (Å²) in [5, 5.41) is 83.0. The third-order valence-corrected chi connectivity index (χ3v) is 8.63. The van der Waals surface area contributed by atoms with Gasteiger partial charge in [-0.3, -0.25) is 4.79 Å². The standard InChI is InChI=1S/C27H51N3O14/c1-11(2)6-4-3-5-7-14(34)27(10-33)23(38)20(37)17(30)26(44-27)43-22-13(9-32)41-25(16(29)19(22)36)42-21-12(8-31)40-24(39)15(28)18(21)35/h11-13,15-26,31-33,35-39H,3-10,28-30H2,1-2H3/t12-,13-,15-,16-,17-,18-,19-,20-,21?,22?,23+,24-,25+,26+,27+/m1/s1. The van der Waals surface area contributed by atoms with Crippen molar-refractivity contribution in [1.29, 1.82) is 0 Å². The summed E-state index contributed by atoms with van der Waals surface area (Å²) in [6, 6.07) is -4.19. The molecule has 44 heavy (non-hydrogen) atoms. The van der Waals surface area contributed by atoms with Crippen molar-refractivity contribution in [3.63, 3.8) is 0 Å². The average molecular weight is 642 g/mol. The molecule has 15 atom stereocenters. The maximum absolute atomic E-state index is 13.3. The van der Waals surface area contributed by atoms with Crippen molar-refractivity contribution < 1.29 is 69.3 Å². The molecule has 3 heterocycles. The molecular weight excluding hydrogens is 590 g/mol. The highest BCUT2D eigenvalue weighted by Gasteiger charge is 2.58. The normalized spacial score (nSPS) is 45.0. The number of hydrogen-bond acceptors (Lipinski definition) is 17. The van der Waals surface area contributed by atoms with Gasteiger partial charge in [-0.2, -0.15) is 0 Å². The van der Waals surface area contributed by atoms with Gasteiger partial charge in [-0.25, -0.2) is 0 Å². The Labute approximate surface area is 255 Å². The first-order chi connectivity index (χ1) is 20.7. The van der Waals surface area contributed by atoms with Gasteiger partial charge in [0.15, 0.2) is 30.3 Å². The van der Waals surface area contributed by atoms with E-state index in [2.05, 4.69) is 13.8 Å². The van der Waals surface area contributed by atoms with E-state index >= 15 is 0 Å². The molecule has 0 aromatic heterocycles. The highest BCUT2D eigenvalue weighted by atomic mass is 16.7. The molecule has 17 heteroatoms. The number of aliphatic hydroxyl groups is 8. The van der Waals surface area contributed by atoms with Crippen molar-refractivity contribution in [1.82, 2.24) is 0 Å². The molecule has 0 aromatic rings. The van der Waals surface area contributed by atoms with Gasteiger partial charge >= 0.3 is 0 Å². The van der Waals surface area contributed by atoms with Crippen LogP contribution < -0.4 is 17.2 Å². The molecular formula is C27H51N3O14. The number of aliphatic hydroxyl groups excluding tert-OH is 8. The Morgan fingerprint density at radius 3 is 1.89 bits per heavy atom. The molecule has 3 fully saturated rings. The Balaban J connectivity index is 1.73. The summed E-state index contributed by atoms with van der Waals surface area (Å²) in [5.74, 6) is -0.169. The molecule has 0 saturated carbocycles. The predicted octanol–water partition coefficient (Wildman–Crippen LogP) is -5.13. The van der Waals surface area contributed by atoms with Crippen LogP contribution in [0.4, 0.5) is 0 Å². The van der Waals surface area contributed by atoms with E-state index in [1.165, 1.54) is 0 Å². The first-order valence-electron chi connectivity index (χ1n) is 15.1. The lowest BCUT2D eigenvalue weighted by atomic mass is 9.81. The van der Waals surface area contributed by atoms with Crippen molar-refractivity contribution in [2.45, 2.75) is 137 Å². The minimum atomic E-state index is -2.28. The number of rotatable bonds is 14. The highest BCUT2D eigenvalue weighted by Crippen LogP contribution is 2.35. The number of Topliss-reactive ketones (excluding diaryl/α,β-unsaturated/α-hetero) is 1. The van der Waals surface area contributed by atoms with Gasteiger partial charge in [-0.1, -0.05) is 33.1 Å². The molecule has 0 aliphatic carbocycles. The molecule has 3 aliphatic rings. The molecule has 0 amide bonds. The molecule has 0 bridgehead atoms. The zero-order valence-electron chi connectivity index (χ0n) is 25.1. The molecule has 17 nitrogen and oxygen atoms in total. The number of carbonyl (C=O) groups excluding carboxylic acids is 1. The number of hydrogen-bond donors (Lipinski definition) is 11. The molecule has 3 rings (SSSR count). The minimum absolute atomic E-state index is 0.0605. The average Bonchev–Trinajstić information content (AvgIpc) is 3.00. The van der Waals surface area contributed by atoms with Crippen molar-refractivity contribution in [2.75, 3.05) is 19.8 Å². The molecule has 14 N–H and O–H groups in total. The second-order valence-electron chi connectivity index (χ2n) is 12.3. The van der Waals surface area contributed by atoms with Gasteiger partial charge in [0.25, 0.3) is 0 Å². The SMILES string of the molecule is CC(C)CCCCCC(=O)[C@]1(CO)O[C@H](OC2[C@@H](CO)O[C@@H](OC3[C@@H](CO)O[C@@H](O)[C@H](N)[C@H]3O)[C@H](N)[C@H]2O)[C@H](N)[C@@H](O)[C@@H]1O. The van der Waals surface area contributed by atoms with Gasteiger partial charge < -0.3 is 81.7 Å². The summed E-state index contributed by atoms with van der Waals surface area (Å²) in [7, 11) is 0. The Bertz CT molecular complexity index is 902. The molecule has 0 radical (unpaired) electrons. The summed E-state index contributed by atoms with van der Waals surface area (Å²) < 4.78 is 28.2. The number of ether oxygens (including phenoxy) is 5. The number of nitrogens with two attached hydrogens (primary N) is 3. The second kappa shape index (κ2) is 16.2. The van der Waals surface area contributed by atoms with Crippen molar-refractivity contribution >= 4 is 5.78 Å². The van der Waals surface area contributed by atoms with Gasteiger partial charge in [-0.15, -0.1) is 0 Å². The van der Waals surface area contributed by atoms with Crippen LogP contribution in [0.25, 0.3) is 0 Å². The minimum Gasteiger partial charge on any atom is -0.394 e. The highest BCUT2D eigenvalue weighted by molar-refractivity contribution is 5.88. The molecule has 0 spiro atoms. The summed E-state index contributed by atoms with van der Waals surface area (Å²) in [4.78, 5) is 13.3. The van der Waals surface area contributed by atoms with Gasteiger partial charge in [0, 0.05) is 6.42 Å². The lowest BCUT2D eigenvalue weighted by molar-refractivity contribution is -0.355. The third-order valence-electron chi connectivity index (χ3n) is 8.63. The van der Waals surface area contributed by atoms with E-state index in [1.807, 2.05) is 0 Å². The van der Waals surface area contributed by atoms with Crippen LogP contribution in [0, 0.1) is 5.92 Å². The van der Waals surface area contributed by atoms with Crippen molar-refractivity contribution in [2.24, 2.45) is 23.1 Å². The van der Waals surface area contributed by atoms with Crippen LogP contribution in [0.5, 0.6) is 0 Å². The van der Waals surface area contributed by atoms with E-state index in [4.69, 9.17) is 40.9 Å². The van der Waals surface area contributed by atoms with E-state index in [1.54, 1.807) is 0 Å². The molecule has 0 aromatic carbocycles. The maximum atomic E-state index is 13.3. The van der Waals surface area contributed by atoms with Gasteiger partial charge in [0.05, 0.1) is 37.9 Å². The largest absolute Gasteiger partial charge is 0.394 e. The molecule has 3 aliphatic heterocycles. The summed E-state index contributed by atoms with van der Waals surface area (Å²) in [6.45, 7) is 1.72. The maximum Gasteiger partial charge on any atom is 0.180 e. The Hall–Kier alpha value is -0.970. The van der Waals surface area contributed by atoms with E-state index < -0.39 is 117 Å². The Morgan fingerprint density at radius 2 is 1.32 bits per heavy atom. The summed E-state index contributed by atoms with van der Waals surface area (Å²) in [5.41, 5.74) is 15.7. The van der Waals surface area contributed by atoms with Crippen LogP contribution in [-0.4, -0.2) is 158 Å². The van der Waals surface area contributed by atoms with Gasteiger partial charge in [0.2, 0.25) is 0 Å². The first kappa shape index (κ1) is 37.5. The van der Waals surface area contributed by atoms with Crippen LogP contribution in [0.1, 0.15) is 46.0 Å². The second-order valence-corrected chi connectivity index (χ2v) is 12.3. The molecule has 2 unspecified atom stereocenters. The Kier molecular flexibility index (Phi) is 13.8. The van der Waals surface area contributed by atoms with Crippen LogP contribution in [0.3, 0.4) is 0 Å². The number of ketones is 1. The van der Waals surface area contributed by atoms with Crippen LogP contribution >= 0.6 is 0 Å². The zero-order chi connectivity index (χ0) is 32.9. The zero-order valence-corrected chi connectivity index (χ0v) is 25.1. The van der Waals surface area contributed by atoms with E-state index in [-0.39, 0.29) is 6.42 Å². The van der Waals surface area contributed by atoms with Crippen LogP contribution in [0.2, 0.25) is 0 Å².